The molecule has 0 aliphatic carbocycles. The van der Waals surface area contributed by atoms with Gasteiger partial charge in [-0.3, -0.25) is 4.79 Å². The van der Waals surface area contributed by atoms with Crippen LogP contribution in [0.25, 0.3) is 0 Å². The van der Waals surface area contributed by atoms with Crippen molar-refractivity contribution >= 4 is 30.5 Å². The molecule has 23 heavy (non-hydrogen) atoms. The van der Waals surface area contributed by atoms with Crippen LogP contribution < -0.4 is 4.90 Å². The van der Waals surface area contributed by atoms with Gasteiger partial charge in [0.25, 0.3) is 0 Å². The van der Waals surface area contributed by atoms with Crippen LogP contribution in [0, 0.1) is 0 Å². The highest BCUT2D eigenvalue weighted by Crippen LogP contribution is 2.40. The molecule has 9 heteroatoms. The number of nitrogens with zero attached hydrogens (tertiary/aromatic N) is 1. The van der Waals surface area contributed by atoms with Crippen LogP contribution in [0.3, 0.4) is 0 Å². The molecule has 0 saturated carbocycles. The van der Waals surface area contributed by atoms with Crippen molar-refractivity contribution in [3.63, 3.8) is 0 Å². The van der Waals surface area contributed by atoms with Crippen molar-refractivity contribution in [3.05, 3.63) is 23.8 Å². The van der Waals surface area contributed by atoms with Crippen LogP contribution in [0.2, 0.25) is 6.32 Å². The zero-order valence-electron chi connectivity index (χ0n) is 12.3. The number of hydrogen-bond donors (Lipinski definition) is 2. The third-order valence-electron chi connectivity index (χ3n) is 3.57. The van der Waals surface area contributed by atoms with E-state index in [1.54, 1.807) is 0 Å². The van der Waals surface area contributed by atoms with Crippen LogP contribution >= 0.6 is 11.8 Å². The third-order valence-corrected chi connectivity index (χ3v) is 4.62. The van der Waals surface area contributed by atoms with E-state index in [9.17, 15) is 18.0 Å². The van der Waals surface area contributed by atoms with Gasteiger partial charge in [0.15, 0.2) is 0 Å². The number of carbonyl (C=O) groups excluding carboxylic acids is 1. The van der Waals surface area contributed by atoms with Gasteiger partial charge in [-0.25, -0.2) is 0 Å². The Morgan fingerprint density at radius 2 is 1.96 bits per heavy atom. The molecule has 2 rings (SSSR count). The first-order chi connectivity index (χ1) is 10.8. The van der Waals surface area contributed by atoms with Gasteiger partial charge in [-0.05, 0) is 30.9 Å². The Bertz CT molecular complexity index is 569. The van der Waals surface area contributed by atoms with E-state index in [1.165, 1.54) is 22.7 Å². The number of fused-ring (bicyclic) bond motifs is 1. The highest BCUT2D eigenvalue weighted by molar-refractivity contribution is 8.00. The zero-order valence-corrected chi connectivity index (χ0v) is 13.2. The topological polar surface area (TPSA) is 60.8 Å². The monoisotopic (exact) mass is 347 g/mol. The van der Waals surface area contributed by atoms with Crippen LogP contribution in [0.5, 0.6) is 0 Å². The van der Waals surface area contributed by atoms with Crippen LogP contribution in [0.1, 0.15) is 24.8 Å². The van der Waals surface area contributed by atoms with Crippen molar-refractivity contribution in [3.8, 4) is 0 Å². The number of alkyl halides is 3. The van der Waals surface area contributed by atoms with Crippen molar-refractivity contribution < 1.29 is 28.0 Å². The van der Waals surface area contributed by atoms with E-state index in [1.807, 2.05) is 0 Å². The Morgan fingerprint density at radius 1 is 1.22 bits per heavy atom. The Balaban J connectivity index is 2.07. The molecule has 1 heterocycles. The second kappa shape index (κ2) is 7.59. The van der Waals surface area contributed by atoms with E-state index in [0.717, 1.165) is 12.1 Å². The number of benzene rings is 1. The molecule has 0 unspecified atom stereocenters. The van der Waals surface area contributed by atoms with Crippen LogP contribution in [0.4, 0.5) is 18.9 Å². The lowest BCUT2D eigenvalue weighted by molar-refractivity contribution is -0.137. The van der Waals surface area contributed by atoms with Crippen molar-refractivity contribution in [2.75, 3.05) is 17.2 Å². The van der Waals surface area contributed by atoms with Gasteiger partial charge in [-0.2, -0.15) is 13.2 Å². The summed E-state index contributed by atoms with van der Waals surface area (Å²) in [6.07, 6.45) is -2.34. The summed E-state index contributed by atoms with van der Waals surface area (Å²) in [5.41, 5.74) is -0.455. The molecule has 0 atom stereocenters. The molecular weight excluding hydrogens is 330 g/mol. The molecule has 0 aromatic heterocycles. The second-order valence-electron chi connectivity index (χ2n) is 5.34. The minimum atomic E-state index is -4.44. The molecule has 2 N–H and O–H groups in total. The van der Waals surface area contributed by atoms with Crippen LogP contribution in [-0.2, 0) is 11.0 Å². The van der Waals surface area contributed by atoms with E-state index >= 15 is 0 Å². The lowest BCUT2D eigenvalue weighted by Gasteiger charge is -2.29. The van der Waals surface area contributed by atoms with Gasteiger partial charge < -0.3 is 14.9 Å². The summed E-state index contributed by atoms with van der Waals surface area (Å²) in [5.74, 6) is 0.0114. The molecule has 1 amide bonds. The molecule has 0 bridgehead atoms. The van der Waals surface area contributed by atoms with Gasteiger partial charge >= 0.3 is 13.3 Å². The molecule has 4 nitrogen and oxygen atoms in total. The largest absolute Gasteiger partial charge is 0.451 e. The maximum atomic E-state index is 12.9. The predicted molar refractivity (Wildman–Crippen MR) is 83.4 cm³/mol. The summed E-state index contributed by atoms with van der Waals surface area (Å²) in [6, 6.07) is 3.46. The molecule has 1 aromatic rings. The first-order valence-corrected chi connectivity index (χ1v) is 8.28. The normalized spacial score (nSPS) is 14.8. The highest BCUT2D eigenvalue weighted by atomic mass is 32.2. The second-order valence-corrected chi connectivity index (χ2v) is 6.36. The lowest BCUT2D eigenvalue weighted by Crippen LogP contribution is -2.36. The summed E-state index contributed by atoms with van der Waals surface area (Å²) in [5, 5.41) is 17.5. The van der Waals surface area contributed by atoms with Crippen LogP contribution in [0.15, 0.2) is 23.1 Å². The summed E-state index contributed by atoms with van der Waals surface area (Å²) in [4.78, 5) is 14.1. The molecule has 0 radical (unpaired) electrons. The average Bonchev–Trinajstić information content (AvgIpc) is 2.47. The number of rotatable bonds is 6. The summed E-state index contributed by atoms with van der Waals surface area (Å²) in [6.45, 7) is 0.329. The molecule has 1 aliphatic rings. The molecular formula is C14H17BF3NO3S. The Morgan fingerprint density at radius 3 is 2.61 bits per heavy atom. The Hall–Kier alpha value is -1.19. The first kappa shape index (κ1) is 18.2. The van der Waals surface area contributed by atoms with Crippen LogP contribution in [-0.4, -0.2) is 35.4 Å². The minimum Gasteiger partial charge on any atom is -0.427 e. The number of hydrogen-bond acceptors (Lipinski definition) is 4. The summed E-state index contributed by atoms with van der Waals surface area (Å²) >= 11 is 1.24. The van der Waals surface area contributed by atoms with Gasteiger partial charge in [-0.15, -0.1) is 11.8 Å². The Kier molecular flexibility index (Phi) is 5.99. The smallest absolute Gasteiger partial charge is 0.427 e. The van der Waals surface area contributed by atoms with Gasteiger partial charge in [0.2, 0.25) is 5.91 Å². The van der Waals surface area contributed by atoms with E-state index in [-0.39, 0.29) is 18.0 Å². The fraction of sp³-hybridized carbons (Fsp3) is 0.500. The highest BCUT2D eigenvalue weighted by Gasteiger charge is 2.33. The molecule has 1 aromatic carbocycles. The van der Waals surface area contributed by atoms with E-state index < -0.39 is 18.9 Å². The Labute approximate surface area is 136 Å². The number of anilines is 1. The minimum absolute atomic E-state index is 0.205. The quantitative estimate of drug-likeness (QED) is 0.614. The lowest BCUT2D eigenvalue weighted by atomic mass is 9.83. The molecule has 126 valence electrons. The first-order valence-electron chi connectivity index (χ1n) is 7.29. The SMILES string of the molecule is O=C1CSc2ccc(C(F)(F)F)cc2N1CCCCCB(O)O. The van der Waals surface area contributed by atoms with Crippen molar-refractivity contribution in [2.45, 2.75) is 36.7 Å². The molecule has 0 fully saturated rings. The fourth-order valence-corrected chi connectivity index (χ4v) is 3.31. The third kappa shape index (κ3) is 4.89. The number of halogens is 3. The maximum Gasteiger partial charge on any atom is 0.451 e. The van der Waals surface area contributed by atoms with Crippen molar-refractivity contribution in [1.82, 2.24) is 0 Å². The maximum absolute atomic E-state index is 12.9. The fourth-order valence-electron chi connectivity index (χ4n) is 2.40. The summed E-state index contributed by atoms with van der Waals surface area (Å²) < 4.78 is 38.6. The molecule has 1 aliphatic heterocycles. The predicted octanol–water partition coefficient (Wildman–Crippen LogP) is 2.79. The molecule has 0 spiro atoms. The number of carbonyl (C=O) groups is 1. The van der Waals surface area contributed by atoms with E-state index in [2.05, 4.69) is 0 Å². The van der Waals surface area contributed by atoms with E-state index in [0.29, 0.717) is 36.4 Å². The number of thioether (sulfide) groups is 1. The van der Waals surface area contributed by atoms with Gasteiger partial charge in [0.1, 0.15) is 0 Å². The molecule has 0 saturated heterocycles. The van der Waals surface area contributed by atoms with Gasteiger partial charge in [0.05, 0.1) is 17.0 Å². The number of amides is 1. The number of unbranched alkanes of at least 4 members (excludes halogenated alkanes) is 2. The van der Waals surface area contributed by atoms with Gasteiger partial charge in [0, 0.05) is 11.4 Å². The standard InChI is InChI=1S/C14H17BF3NO3S/c16-14(17,18)10-4-5-12-11(8-10)19(13(20)9-23-12)7-3-1-2-6-15(21)22/h4-5,8,21-22H,1-3,6-7,9H2. The van der Waals surface area contributed by atoms with Crippen molar-refractivity contribution in [1.29, 1.82) is 0 Å². The van der Waals surface area contributed by atoms with Crippen molar-refractivity contribution in [2.24, 2.45) is 0 Å². The summed E-state index contributed by atoms with van der Waals surface area (Å²) in [7, 11) is -1.35. The van der Waals surface area contributed by atoms with E-state index in [4.69, 9.17) is 10.0 Å². The zero-order chi connectivity index (χ0) is 17.0. The van der Waals surface area contributed by atoms with Gasteiger partial charge in [-0.1, -0.05) is 12.8 Å². The average molecular weight is 347 g/mol.